The highest BCUT2D eigenvalue weighted by Crippen LogP contribution is 2.34. The van der Waals surface area contributed by atoms with Gasteiger partial charge < -0.3 is 5.32 Å². The quantitative estimate of drug-likeness (QED) is 0.852. The first-order valence-corrected chi connectivity index (χ1v) is 7.78. The number of halogens is 1. The molecule has 2 heteroatoms. The summed E-state index contributed by atoms with van der Waals surface area (Å²) >= 11 is 0. The SMILES string of the molecule is CC(NC1CCc2cc(F)ccc21)C1CCCCC1. The average molecular weight is 261 g/mol. The van der Waals surface area contributed by atoms with Gasteiger partial charge in [0.05, 0.1) is 0 Å². The van der Waals surface area contributed by atoms with Gasteiger partial charge in [-0.15, -0.1) is 0 Å². The normalized spacial score (nSPS) is 25.3. The van der Waals surface area contributed by atoms with E-state index >= 15 is 0 Å². The largest absolute Gasteiger partial charge is 0.307 e. The van der Waals surface area contributed by atoms with Gasteiger partial charge in [-0.2, -0.15) is 0 Å². The molecule has 2 aliphatic rings. The van der Waals surface area contributed by atoms with Crippen LogP contribution in [-0.2, 0) is 6.42 Å². The smallest absolute Gasteiger partial charge is 0.123 e. The summed E-state index contributed by atoms with van der Waals surface area (Å²) in [4.78, 5) is 0. The van der Waals surface area contributed by atoms with Gasteiger partial charge in [-0.05, 0) is 61.8 Å². The fraction of sp³-hybridized carbons (Fsp3) is 0.647. The molecule has 1 aromatic carbocycles. The van der Waals surface area contributed by atoms with E-state index in [0.717, 1.165) is 18.8 Å². The fourth-order valence-corrected chi connectivity index (χ4v) is 3.85. The Kier molecular flexibility index (Phi) is 3.88. The van der Waals surface area contributed by atoms with Crippen LogP contribution in [0.5, 0.6) is 0 Å². The molecular weight excluding hydrogens is 237 g/mol. The summed E-state index contributed by atoms with van der Waals surface area (Å²) in [5, 5.41) is 3.80. The topological polar surface area (TPSA) is 12.0 Å². The monoisotopic (exact) mass is 261 g/mol. The second-order valence-corrected chi connectivity index (χ2v) is 6.29. The minimum atomic E-state index is -0.0975. The third kappa shape index (κ3) is 2.84. The molecule has 0 spiro atoms. The summed E-state index contributed by atoms with van der Waals surface area (Å²) in [6.45, 7) is 2.33. The standard InChI is InChI=1S/C17H24FN/c1-12(13-5-3-2-4-6-13)19-17-10-7-14-11-15(18)8-9-16(14)17/h8-9,11-13,17,19H,2-7,10H2,1H3. The molecular formula is C17H24FN. The Morgan fingerprint density at radius 1 is 1.16 bits per heavy atom. The van der Waals surface area contributed by atoms with Crippen molar-refractivity contribution in [3.63, 3.8) is 0 Å². The second-order valence-electron chi connectivity index (χ2n) is 6.29. The molecule has 1 fully saturated rings. The molecule has 19 heavy (non-hydrogen) atoms. The molecule has 0 bridgehead atoms. The second kappa shape index (κ2) is 5.62. The highest BCUT2D eigenvalue weighted by Gasteiger charge is 2.27. The molecule has 1 nitrogen and oxygen atoms in total. The molecule has 0 saturated heterocycles. The highest BCUT2D eigenvalue weighted by molar-refractivity contribution is 5.35. The maximum Gasteiger partial charge on any atom is 0.123 e. The first-order chi connectivity index (χ1) is 9.24. The van der Waals surface area contributed by atoms with Crippen LogP contribution in [0.2, 0.25) is 0 Å². The van der Waals surface area contributed by atoms with E-state index in [-0.39, 0.29) is 5.82 Å². The van der Waals surface area contributed by atoms with Crippen LogP contribution in [0, 0.1) is 11.7 Å². The molecule has 0 amide bonds. The summed E-state index contributed by atoms with van der Waals surface area (Å²) < 4.78 is 13.2. The van der Waals surface area contributed by atoms with Crippen molar-refractivity contribution in [2.75, 3.05) is 0 Å². The van der Waals surface area contributed by atoms with Gasteiger partial charge in [0, 0.05) is 12.1 Å². The van der Waals surface area contributed by atoms with Crippen molar-refractivity contribution in [2.24, 2.45) is 5.92 Å². The zero-order valence-electron chi connectivity index (χ0n) is 11.8. The molecule has 0 aromatic heterocycles. The van der Waals surface area contributed by atoms with E-state index in [9.17, 15) is 4.39 Å². The molecule has 0 heterocycles. The van der Waals surface area contributed by atoms with Crippen molar-refractivity contribution in [1.82, 2.24) is 5.32 Å². The Morgan fingerprint density at radius 2 is 1.95 bits per heavy atom. The zero-order valence-corrected chi connectivity index (χ0v) is 11.8. The Labute approximate surface area is 115 Å². The number of hydrogen-bond donors (Lipinski definition) is 1. The van der Waals surface area contributed by atoms with Crippen LogP contribution in [0.15, 0.2) is 18.2 Å². The predicted molar refractivity (Wildman–Crippen MR) is 76.6 cm³/mol. The lowest BCUT2D eigenvalue weighted by Gasteiger charge is -2.31. The molecule has 0 radical (unpaired) electrons. The van der Waals surface area contributed by atoms with Crippen LogP contribution >= 0.6 is 0 Å². The van der Waals surface area contributed by atoms with Gasteiger partial charge >= 0.3 is 0 Å². The first kappa shape index (κ1) is 13.1. The number of fused-ring (bicyclic) bond motifs is 1. The fourth-order valence-electron chi connectivity index (χ4n) is 3.85. The molecule has 2 unspecified atom stereocenters. The third-order valence-corrected chi connectivity index (χ3v) is 5.00. The molecule has 2 atom stereocenters. The van der Waals surface area contributed by atoms with Gasteiger partial charge in [-0.25, -0.2) is 4.39 Å². The lowest BCUT2D eigenvalue weighted by atomic mass is 9.84. The molecule has 3 rings (SSSR count). The van der Waals surface area contributed by atoms with Crippen LogP contribution in [-0.4, -0.2) is 6.04 Å². The van der Waals surface area contributed by atoms with Gasteiger partial charge in [0.1, 0.15) is 5.82 Å². The molecule has 1 N–H and O–H groups in total. The Balaban J connectivity index is 1.65. The van der Waals surface area contributed by atoms with Crippen molar-refractivity contribution in [2.45, 2.75) is 64.0 Å². The van der Waals surface area contributed by atoms with Crippen molar-refractivity contribution < 1.29 is 4.39 Å². The van der Waals surface area contributed by atoms with Gasteiger partial charge in [0.25, 0.3) is 0 Å². The van der Waals surface area contributed by atoms with Crippen LogP contribution in [0.25, 0.3) is 0 Å². The zero-order chi connectivity index (χ0) is 13.2. The Bertz CT molecular complexity index is 437. The van der Waals surface area contributed by atoms with Crippen LogP contribution in [0.4, 0.5) is 4.39 Å². The minimum absolute atomic E-state index is 0.0975. The summed E-state index contributed by atoms with van der Waals surface area (Å²) in [7, 11) is 0. The van der Waals surface area contributed by atoms with Gasteiger partial charge in [0.2, 0.25) is 0 Å². The van der Waals surface area contributed by atoms with Crippen molar-refractivity contribution >= 4 is 0 Å². The highest BCUT2D eigenvalue weighted by atomic mass is 19.1. The average Bonchev–Trinajstić information content (AvgIpc) is 2.82. The van der Waals surface area contributed by atoms with E-state index in [0.29, 0.717) is 12.1 Å². The molecule has 0 aliphatic heterocycles. The van der Waals surface area contributed by atoms with Crippen LogP contribution in [0.1, 0.15) is 62.6 Å². The first-order valence-electron chi connectivity index (χ1n) is 7.78. The minimum Gasteiger partial charge on any atom is -0.307 e. The number of benzene rings is 1. The Morgan fingerprint density at radius 3 is 2.74 bits per heavy atom. The summed E-state index contributed by atoms with van der Waals surface area (Å²) in [5.41, 5.74) is 2.53. The van der Waals surface area contributed by atoms with Crippen LogP contribution < -0.4 is 5.32 Å². The number of aryl methyl sites for hydroxylation is 1. The maximum atomic E-state index is 13.2. The molecule has 2 aliphatic carbocycles. The number of rotatable bonds is 3. The lowest BCUT2D eigenvalue weighted by molar-refractivity contribution is 0.264. The Hall–Kier alpha value is -0.890. The summed E-state index contributed by atoms with van der Waals surface area (Å²) in [5.74, 6) is 0.734. The van der Waals surface area contributed by atoms with Gasteiger partial charge in [0.15, 0.2) is 0 Å². The summed E-state index contributed by atoms with van der Waals surface area (Å²) in [6, 6.07) is 6.31. The van der Waals surface area contributed by atoms with E-state index in [4.69, 9.17) is 0 Å². The summed E-state index contributed by atoms with van der Waals surface area (Å²) in [6.07, 6.45) is 9.08. The molecule has 1 saturated carbocycles. The molecule has 104 valence electrons. The van der Waals surface area contributed by atoms with E-state index in [1.54, 1.807) is 12.1 Å². The van der Waals surface area contributed by atoms with Gasteiger partial charge in [-0.3, -0.25) is 0 Å². The maximum absolute atomic E-state index is 13.2. The number of hydrogen-bond acceptors (Lipinski definition) is 1. The number of nitrogens with one attached hydrogen (secondary N) is 1. The van der Waals surface area contributed by atoms with Crippen molar-refractivity contribution in [3.8, 4) is 0 Å². The van der Waals surface area contributed by atoms with E-state index in [1.807, 2.05) is 6.07 Å². The van der Waals surface area contributed by atoms with E-state index < -0.39 is 0 Å². The predicted octanol–water partition coefficient (Wildman–Crippen LogP) is 4.37. The van der Waals surface area contributed by atoms with Crippen LogP contribution in [0.3, 0.4) is 0 Å². The van der Waals surface area contributed by atoms with Gasteiger partial charge in [-0.1, -0.05) is 25.3 Å². The third-order valence-electron chi connectivity index (χ3n) is 5.00. The van der Waals surface area contributed by atoms with E-state index in [2.05, 4.69) is 12.2 Å². The van der Waals surface area contributed by atoms with Crippen molar-refractivity contribution in [1.29, 1.82) is 0 Å². The lowest BCUT2D eigenvalue weighted by Crippen LogP contribution is -2.36. The van der Waals surface area contributed by atoms with Crippen molar-refractivity contribution in [3.05, 3.63) is 35.1 Å². The molecule has 1 aromatic rings. The van der Waals surface area contributed by atoms with E-state index in [1.165, 1.54) is 43.2 Å².